The summed E-state index contributed by atoms with van der Waals surface area (Å²) in [7, 11) is 0. The average Bonchev–Trinajstić information content (AvgIpc) is 3.08. The van der Waals surface area contributed by atoms with Gasteiger partial charge in [0.15, 0.2) is 0 Å². The van der Waals surface area contributed by atoms with Gasteiger partial charge in [-0.25, -0.2) is 4.79 Å². The smallest absolute Gasteiger partial charge is 0.407 e. The first kappa shape index (κ1) is 35.3. The molecule has 0 radical (unpaired) electrons. The first-order valence-corrected chi connectivity index (χ1v) is 19.7. The second kappa shape index (κ2) is 12.6. The zero-order chi connectivity index (χ0) is 35.6. The van der Waals surface area contributed by atoms with E-state index in [0.29, 0.717) is 30.8 Å². The second-order valence-corrected chi connectivity index (χ2v) is 19.1. The van der Waals surface area contributed by atoms with E-state index in [2.05, 4.69) is 89.4 Å². The first-order valence-electron chi connectivity index (χ1n) is 19.7. The van der Waals surface area contributed by atoms with Gasteiger partial charge in [-0.05, 0) is 115 Å². The van der Waals surface area contributed by atoms with Crippen LogP contribution in [-0.2, 0) is 22.6 Å². The van der Waals surface area contributed by atoms with E-state index in [0.717, 1.165) is 63.4 Å². The van der Waals surface area contributed by atoms with Crippen LogP contribution in [0.25, 0.3) is 0 Å². The maximum Gasteiger partial charge on any atom is 0.407 e. The van der Waals surface area contributed by atoms with Crippen molar-refractivity contribution in [3.05, 3.63) is 83.4 Å². The molecule has 5 nitrogen and oxygen atoms in total. The van der Waals surface area contributed by atoms with E-state index >= 15 is 0 Å². The molecule has 0 spiro atoms. The van der Waals surface area contributed by atoms with Crippen LogP contribution in [0.2, 0.25) is 0 Å². The summed E-state index contributed by atoms with van der Waals surface area (Å²) in [6.07, 6.45) is 12.9. The molecule has 2 N–H and O–H groups in total. The van der Waals surface area contributed by atoms with Crippen molar-refractivity contribution in [2.75, 3.05) is 0 Å². The molecule has 4 fully saturated rings. The van der Waals surface area contributed by atoms with E-state index in [1.165, 1.54) is 12.0 Å². The van der Waals surface area contributed by atoms with Crippen LogP contribution in [0.5, 0.6) is 0 Å². The highest BCUT2D eigenvalue weighted by Crippen LogP contribution is 2.75. The van der Waals surface area contributed by atoms with E-state index in [1.807, 2.05) is 36.4 Å². The van der Waals surface area contributed by atoms with Crippen molar-refractivity contribution in [2.45, 2.75) is 132 Å². The molecule has 0 heterocycles. The zero-order valence-corrected chi connectivity index (χ0v) is 31.9. The van der Waals surface area contributed by atoms with Gasteiger partial charge in [-0.1, -0.05) is 121 Å². The summed E-state index contributed by atoms with van der Waals surface area (Å²) in [4.78, 5) is 27.5. The van der Waals surface area contributed by atoms with Gasteiger partial charge in [0.2, 0.25) is 5.91 Å². The van der Waals surface area contributed by atoms with Crippen LogP contribution in [0.3, 0.4) is 0 Å². The Hall–Kier alpha value is -3.08. The van der Waals surface area contributed by atoms with E-state index in [-0.39, 0.29) is 50.6 Å². The van der Waals surface area contributed by atoms with Crippen molar-refractivity contribution in [3.63, 3.8) is 0 Å². The molecule has 0 bridgehead atoms. The lowest BCUT2D eigenvalue weighted by Crippen LogP contribution is -2.65. The summed E-state index contributed by atoms with van der Waals surface area (Å²) < 4.78 is 6.25. The summed E-state index contributed by atoms with van der Waals surface area (Å²) in [6, 6.07) is 20.4. The molecule has 7 rings (SSSR count). The lowest BCUT2D eigenvalue weighted by molar-refractivity contribution is -0.203. The third kappa shape index (κ3) is 5.64. The largest absolute Gasteiger partial charge is 0.446 e. The Bertz CT molecular complexity index is 1620. The summed E-state index contributed by atoms with van der Waals surface area (Å²) in [6.45, 7) is 18.5. The molecule has 0 saturated heterocycles. The van der Waals surface area contributed by atoms with Crippen molar-refractivity contribution in [1.82, 2.24) is 10.6 Å². The lowest BCUT2D eigenvalue weighted by atomic mass is 9.33. The quantitative estimate of drug-likeness (QED) is 0.299. The molecular formula is C45H62N2O3. The minimum absolute atomic E-state index is 0.0695. The number of fused-ring (bicyclic) bond motifs is 7. The zero-order valence-electron chi connectivity index (χ0n) is 31.9. The number of rotatable bonds is 6. The molecule has 2 amide bonds. The molecule has 5 aliphatic carbocycles. The van der Waals surface area contributed by atoms with Gasteiger partial charge in [0, 0.05) is 18.5 Å². The Morgan fingerprint density at radius 3 is 2.00 bits per heavy atom. The molecule has 4 saturated carbocycles. The SMILES string of the molecule is CC1(C)CC[C@]2(C(=O)NCc3ccccc3)CC[C@]3(C)C(=CC[C@@H]4[C@@]5(C)CC[C@H](OC(=O)NCc6ccccc6)C(C)(C)[C@@H]5CC[C@]43C)[C@H]2C1. The average molecular weight is 679 g/mol. The van der Waals surface area contributed by atoms with E-state index in [1.54, 1.807) is 5.57 Å². The van der Waals surface area contributed by atoms with Crippen LogP contribution in [0.4, 0.5) is 4.79 Å². The first-order chi connectivity index (χ1) is 23.6. The van der Waals surface area contributed by atoms with Crippen LogP contribution in [0, 0.1) is 50.2 Å². The molecule has 2 aromatic carbocycles. The molecule has 2 aromatic rings. The molecule has 50 heavy (non-hydrogen) atoms. The van der Waals surface area contributed by atoms with Gasteiger partial charge < -0.3 is 15.4 Å². The van der Waals surface area contributed by atoms with Gasteiger partial charge >= 0.3 is 6.09 Å². The van der Waals surface area contributed by atoms with Crippen LogP contribution in [0.15, 0.2) is 72.3 Å². The van der Waals surface area contributed by atoms with Gasteiger partial charge in [-0.15, -0.1) is 0 Å². The number of carbonyl (C=O) groups excluding carboxylic acids is 2. The summed E-state index contributed by atoms with van der Waals surface area (Å²) in [5.74, 6) is 1.61. The van der Waals surface area contributed by atoms with Gasteiger partial charge in [0.25, 0.3) is 0 Å². The van der Waals surface area contributed by atoms with Gasteiger partial charge in [-0.2, -0.15) is 0 Å². The Morgan fingerprint density at radius 1 is 0.720 bits per heavy atom. The van der Waals surface area contributed by atoms with Crippen LogP contribution >= 0.6 is 0 Å². The molecule has 270 valence electrons. The fourth-order valence-electron chi connectivity index (χ4n) is 12.7. The fourth-order valence-corrected chi connectivity index (χ4v) is 12.7. The molecule has 5 heteroatoms. The molecule has 8 atom stereocenters. The monoisotopic (exact) mass is 678 g/mol. The van der Waals surface area contributed by atoms with Crippen molar-refractivity contribution in [2.24, 2.45) is 50.2 Å². The maximum atomic E-state index is 14.4. The number of ether oxygens (including phenoxy) is 1. The van der Waals surface area contributed by atoms with E-state index in [9.17, 15) is 9.59 Å². The van der Waals surface area contributed by atoms with Crippen molar-refractivity contribution < 1.29 is 14.3 Å². The number of benzene rings is 2. The van der Waals surface area contributed by atoms with Crippen molar-refractivity contribution in [1.29, 1.82) is 0 Å². The minimum atomic E-state index is -0.321. The van der Waals surface area contributed by atoms with Crippen LogP contribution < -0.4 is 10.6 Å². The molecular weight excluding hydrogens is 617 g/mol. The van der Waals surface area contributed by atoms with Gasteiger partial charge in [-0.3, -0.25) is 4.79 Å². The number of allylic oxidation sites excluding steroid dienone is 2. The van der Waals surface area contributed by atoms with E-state index < -0.39 is 0 Å². The number of carbonyl (C=O) groups is 2. The molecule has 0 unspecified atom stereocenters. The number of amides is 2. The fraction of sp³-hybridized carbons (Fsp3) is 0.644. The number of alkyl carbamates (subject to hydrolysis) is 1. The molecule has 0 aliphatic heterocycles. The minimum Gasteiger partial charge on any atom is -0.446 e. The van der Waals surface area contributed by atoms with Gasteiger partial charge in [0.1, 0.15) is 6.10 Å². The van der Waals surface area contributed by atoms with Crippen LogP contribution in [0.1, 0.15) is 124 Å². The Balaban J connectivity index is 1.13. The topological polar surface area (TPSA) is 67.4 Å². The summed E-state index contributed by atoms with van der Waals surface area (Å²) >= 11 is 0. The highest BCUT2D eigenvalue weighted by atomic mass is 16.6. The predicted octanol–water partition coefficient (Wildman–Crippen LogP) is 10.4. The predicted molar refractivity (Wildman–Crippen MR) is 201 cm³/mol. The summed E-state index contributed by atoms with van der Waals surface area (Å²) in [5, 5.41) is 6.45. The standard InChI is InChI=1S/C45H62N2O3/c1-40(2)24-26-45(38(48)46-29-31-14-10-8-11-15-31)27-25-43(6)33(34(45)28-40)18-19-36-42(5)22-21-37(41(3,4)35(42)20-23-44(36,43)7)50-39(49)47-30-32-16-12-9-13-17-32/h8-18,34-37H,19-30H2,1-7H3,(H,46,48)(H,47,49)/t34-,35+,36-,37+,42+,43-,44-,45+/m1/s1. The Labute approximate surface area is 301 Å². The highest BCUT2D eigenvalue weighted by molar-refractivity contribution is 5.84. The maximum absolute atomic E-state index is 14.4. The highest BCUT2D eigenvalue weighted by Gasteiger charge is 2.69. The number of hydrogen-bond acceptors (Lipinski definition) is 3. The molecule has 0 aromatic heterocycles. The Kier molecular flexibility index (Phi) is 8.87. The number of nitrogens with one attached hydrogen (secondary N) is 2. The Morgan fingerprint density at radius 2 is 1.34 bits per heavy atom. The normalized spacial score (nSPS) is 38.2. The van der Waals surface area contributed by atoms with Crippen molar-refractivity contribution >= 4 is 12.0 Å². The lowest BCUT2D eigenvalue weighted by Gasteiger charge is -2.71. The van der Waals surface area contributed by atoms with Crippen LogP contribution in [-0.4, -0.2) is 18.1 Å². The molecule has 5 aliphatic rings. The summed E-state index contributed by atoms with van der Waals surface area (Å²) in [5.41, 5.74) is 4.03. The van der Waals surface area contributed by atoms with E-state index in [4.69, 9.17) is 4.74 Å². The third-order valence-electron chi connectivity index (χ3n) is 15.9. The van der Waals surface area contributed by atoms with Gasteiger partial charge in [0.05, 0.1) is 5.41 Å². The second-order valence-electron chi connectivity index (χ2n) is 19.1. The third-order valence-corrected chi connectivity index (χ3v) is 15.9. The number of hydrogen-bond donors (Lipinski definition) is 2. The van der Waals surface area contributed by atoms with Crippen molar-refractivity contribution in [3.8, 4) is 0 Å².